The number of amides is 1. The van der Waals surface area contributed by atoms with E-state index in [1.807, 2.05) is 6.07 Å². The Morgan fingerprint density at radius 3 is 2.29 bits per heavy atom. The molecule has 2 aromatic carbocycles. The summed E-state index contributed by atoms with van der Waals surface area (Å²) in [5, 5.41) is 2.99. The molecule has 0 fully saturated rings. The SMILES string of the molecule is CCOP(=O)(CC(=O)Oc1ccc(Cl)cc1C(=O)Nc1ccccc1)OCC. The van der Waals surface area contributed by atoms with Gasteiger partial charge in [0.2, 0.25) is 0 Å². The summed E-state index contributed by atoms with van der Waals surface area (Å²) in [5.74, 6) is -1.36. The molecule has 0 aliphatic heterocycles. The van der Waals surface area contributed by atoms with Crippen molar-refractivity contribution in [2.24, 2.45) is 0 Å². The number of hydrogen-bond donors (Lipinski definition) is 1. The lowest BCUT2D eigenvalue weighted by Crippen LogP contribution is -2.19. The molecule has 0 radical (unpaired) electrons. The number of para-hydroxylation sites is 1. The summed E-state index contributed by atoms with van der Waals surface area (Å²) in [5.41, 5.74) is 0.634. The fraction of sp³-hybridized carbons (Fsp3) is 0.263. The van der Waals surface area contributed by atoms with E-state index in [2.05, 4.69) is 5.32 Å². The van der Waals surface area contributed by atoms with Crippen molar-refractivity contribution in [1.29, 1.82) is 0 Å². The molecule has 150 valence electrons. The number of hydrogen-bond acceptors (Lipinski definition) is 6. The normalized spacial score (nSPS) is 11.1. The monoisotopic (exact) mass is 425 g/mol. The molecule has 0 aliphatic carbocycles. The molecule has 0 saturated heterocycles. The summed E-state index contributed by atoms with van der Waals surface area (Å²) >= 11 is 5.98. The second-order valence-electron chi connectivity index (χ2n) is 5.54. The second kappa shape index (κ2) is 10.4. The third-order valence-electron chi connectivity index (χ3n) is 3.42. The second-order valence-corrected chi connectivity index (χ2v) is 8.03. The van der Waals surface area contributed by atoms with Gasteiger partial charge in [-0.25, -0.2) is 0 Å². The lowest BCUT2D eigenvalue weighted by molar-refractivity contribution is -0.131. The highest BCUT2D eigenvalue weighted by Gasteiger charge is 2.29. The Labute approximate surface area is 168 Å². The molecule has 0 heterocycles. The maximum atomic E-state index is 12.6. The molecule has 1 amide bonds. The third-order valence-corrected chi connectivity index (χ3v) is 5.60. The van der Waals surface area contributed by atoms with Gasteiger partial charge in [-0.2, -0.15) is 0 Å². The Morgan fingerprint density at radius 1 is 1.04 bits per heavy atom. The predicted octanol–water partition coefficient (Wildman–Crippen LogP) is 4.76. The first-order valence-corrected chi connectivity index (χ1v) is 10.7. The number of halogens is 1. The summed E-state index contributed by atoms with van der Waals surface area (Å²) in [6.45, 7) is 3.52. The highest BCUT2D eigenvalue weighted by molar-refractivity contribution is 7.54. The molecule has 9 heteroatoms. The highest BCUT2D eigenvalue weighted by atomic mass is 35.5. The van der Waals surface area contributed by atoms with Gasteiger partial charge in [0.05, 0.1) is 18.8 Å². The van der Waals surface area contributed by atoms with Crippen molar-refractivity contribution in [2.45, 2.75) is 13.8 Å². The zero-order valence-electron chi connectivity index (χ0n) is 15.5. The molecule has 0 atom stereocenters. The molecular weight excluding hydrogens is 405 g/mol. The molecule has 2 rings (SSSR count). The number of esters is 1. The minimum atomic E-state index is -3.62. The van der Waals surface area contributed by atoms with Crippen molar-refractivity contribution in [1.82, 2.24) is 0 Å². The van der Waals surface area contributed by atoms with Crippen LogP contribution in [0.25, 0.3) is 0 Å². The van der Waals surface area contributed by atoms with E-state index in [-0.39, 0.29) is 24.5 Å². The van der Waals surface area contributed by atoms with Gasteiger partial charge in [-0.1, -0.05) is 29.8 Å². The van der Waals surface area contributed by atoms with Crippen LogP contribution in [0.1, 0.15) is 24.2 Å². The van der Waals surface area contributed by atoms with Crippen LogP contribution >= 0.6 is 19.2 Å². The van der Waals surface area contributed by atoms with Crippen LogP contribution in [0.2, 0.25) is 5.02 Å². The molecule has 0 spiro atoms. The third kappa shape index (κ3) is 6.46. The molecule has 0 unspecified atom stereocenters. The van der Waals surface area contributed by atoms with Gasteiger partial charge in [0.1, 0.15) is 11.9 Å². The Balaban J connectivity index is 2.18. The molecule has 0 saturated carbocycles. The van der Waals surface area contributed by atoms with Crippen LogP contribution in [0.15, 0.2) is 48.5 Å². The summed E-state index contributed by atoms with van der Waals surface area (Å²) in [6, 6.07) is 13.1. The lowest BCUT2D eigenvalue weighted by atomic mass is 10.2. The zero-order valence-corrected chi connectivity index (χ0v) is 17.2. The van der Waals surface area contributed by atoms with Gasteiger partial charge in [0.15, 0.2) is 0 Å². The lowest BCUT2D eigenvalue weighted by Gasteiger charge is -2.16. The molecular formula is C19H21ClNO6P. The Hall–Kier alpha value is -2.18. The topological polar surface area (TPSA) is 90.9 Å². The molecule has 0 bridgehead atoms. The van der Waals surface area contributed by atoms with Gasteiger partial charge in [-0.3, -0.25) is 14.2 Å². The number of anilines is 1. The standard InChI is InChI=1S/C19H21ClNO6P/c1-3-25-28(24,26-4-2)13-18(22)27-17-11-10-14(20)12-16(17)19(23)21-15-8-6-5-7-9-15/h5-12H,3-4,13H2,1-2H3,(H,21,23). The van der Waals surface area contributed by atoms with E-state index in [1.165, 1.54) is 18.2 Å². The van der Waals surface area contributed by atoms with Crippen LogP contribution < -0.4 is 10.1 Å². The van der Waals surface area contributed by atoms with Gasteiger partial charge in [0, 0.05) is 10.7 Å². The number of carbonyl (C=O) groups is 2. The van der Waals surface area contributed by atoms with Gasteiger partial charge >= 0.3 is 13.6 Å². The number of carbonyl (C=O) groups excluding carboxylic acids is 2. The van der Waals surface area contributed by atoms with Crippen LogP contribution in [0.4, 0.5) is 5.69 Å². The highest BCUT2D eigenvalue weighted by Crippen LogP contribution is 2.47. The van der Waals surface area contributed by atoms with E-state index in [0.717, 1.165) is 0 Å². The molecule has 0 aromatic heterocycles. The average molecular weight is 426 g/mol. The number of rotatable bonds is 9. The Morgan fingerprint density at radius 2 is 1.68 bits per heavy atom. The summed E-state index contributed by atoms with van der Waals surface area (Å²) in [7, 11) is -3.62. The first kappa shape index (κ1) is 22.1. The largest absolute Gasteiger partial charge is 0.425 e. The van der Waals surface area contributed by atoms with E-state index in [9.17, 15) is 14.2 Å². The fourth-order valence-corrected chi connectivity index (χ4v) is 3.92. The zero-order chi connectivity index (χ0) is 20.6. The van der Waals surface area contributed by atoms with E-state index in [1.54, 1.807) is 38.1 Å². The van der Waals surface area contributed by atoms with Crippen molar-refractivity contribution in [3.05, 3.63) is 59.1 Å². The van der Waals surface area contributed by atoms with E-state index >= 15 is 0 Å². The summed E-state index contributed by atoms with van der Waals surface area (Å²) in [6.07, 6.45) is -0.572. The van der Waals surface area contributed by atoms with Gasteiger partial charge < -0.3 is 19.1 Å². The first-order chi connectivity index (χ1) is 13.4. The van der Waals surface area contributed by atoms with E-state index in [4.69, 9.17) is 25.4 Å². The number of ether oxygens (including phenoxy) is 1. The van der Waals surface area contributed by atoms with E-state index < -0.39 is 25.6 Å². The van der Waals surface area contributed by atoms with Crippen molar-refractivity contribution < 1.29 is 27.9 Å². The van der Waals surface area contributed by atoms with Crippen LogP contribution in [0.5, 0.6) is 5.75 Å². The summed E-state index contributed by atoms with van der Waals surface area (Å²) < 4.78 is 27.9. The molecule has 28 heavy (non-hydrogen) atoms. The average Bonchev–Trinajstić information content (AvgIpc) is 2.64. The van der Waals surface area contributed by atoms with Crippen LogP contribution in [-0.4, -0.2) is 31.3 Å². The minimum absolute atomic E-state index is 0.0117. The quantitative estimate of drug-likeness (QED) is 0.353. The maximum absolute atomic E-state index is 12.6. The smallest absolute Gasteiger partial charge is 0.341 e. The van der Waals surface area contributed by atoms with Crippen LogP contribution in [-0.2, 0) is 18.4 Å². The van der Waals surface area contributed by atoms with E-state index in [0.29, 0.717) is 10.7 Å². The number of benzene rings is 2. The predicted molar refractivity (Wildman–Crippen MR) is 107 cm³/mol. The molecule has 7 nitrogen and oxygen atoms in total. The Kier molecular flexibility index (Phi) is 8.20. The van der Waals surface area contributed by atoms with Gasteiger partial charge in [-0.15, -0.1) is 0 Å². The van der Waals surface area contributed by atoms with Crippen LogP contribution in [0.3, 0.4) is 0 Å². The fourth-order valence-electron chi connectivity index (χ4n) is 2.32. The molecule has 2 aromatic rings. The van der Waals surface area contributed by atoms with Crippen molar-refractivity contribution >= 4 is 36.8 Å². The van der Waals surface area contributed by atoms with Gasteiger partial charge in [-0.05, 0) is 44.2 Å². The van der Waals surface area contributed by atoms with Crippen molar-refractivity contribution in [3.63, 3.8) is 0 Å². The maximum Gasteiger partial charge on any atom is 0.341 e. The minimum Gasteiger partial charge on any atom is -0.425 e. The summed E-state index contributed by atoms with van der Waals surface area (Å²) in [4.78, 5) is 24.9. The molecule has 1 N–H and O–H groups in total. The van der Waals surface area contributed by atoms with Crippen LogP contribution in [0, 0.1) is 0 Å². The molecule has 0 aliphatic rings. The van der Waals surface area contributed by atoms with Gasteiger partial charge in [0.25, 0.3) is 5.91 Å². The Bertz CT molecular complexity index is 864. The van der Waals surface area contributed by atoms with Crippen molar-refractivity contribution in [2.75, 3.05) is 24.7 Å². The number of nitrogens with one attached hydrogen (secondary N) is 1. The van der Waals surface area contributed by atoms with Crippen molar-refractivity contribution in [3.8, 4) is 5.75 Å². The first-order valence-electron chi connectivity index (χ1n) is 8.61.